The van der Waals surface area contributed by atoms with Crippen molar-refractivity contribution < 1.29 is 0 Å². The van der Waals surface area contributed by atoms with Gasteiger partial charge >= 0.3 is 0 Å². The highest BCUT2D eigenvalue weighted by atomic mass is 35.5. The van der Waals surface area contributed by atoms with Crippen LogP contribution in [0, 0.1) is 6.92 Å². The molecule has 2 saturated heterocycles. The average Bonchev–Trinajstić information content (AvgIpc) is 3.33. The number of piperazine rings is 1. The topological polar surface area (TPSA) is 65.9 Å². The zero-order valence-corrected chi connectivity index (χ0v) is 22.3. The molecule has 0 aliphatic carbocycles. The molecule has 2 fully saturated rings. The van der Waals surface area contributed by atoms with Crippen LogP contribution in [-0.4, -0.2) is 76.8 Å². The van der Waals surface area contributed by atoms with Gasteiger partial charge in [0.2, 0.25) is 0 Å². The maximum absolute atomic E-state index is 6.62. The van der Waals surface area contributed by atoms with Crippen molar-refractivity contribution in [1.29, 1.82) is 0 Å². The van der Waals surface area contributed by atoms with Crippen LogP contribution in [0.1, 0.15) is 18.5 Å². The molecule has 0 spiro atoms. The van der Waals surface area contributed by atoms with Gasteiger partial charge in [-0.15, -0.1) is 0 Å². The molecule has 37 heavy (non-hydrogen) atoms. The van der Waals surface area contributed by atoms with E-state index in [1.165, 1.54) is 31.6 Å². The maximum atomic E-state index is 6.62. The fraction of sp³-hybridized carbons (Fsp3) is 0.379. The van der Waals surface area contributed by atoms with E-state index in [-0.39, 0.29) is 0 Å². The van der Waals surface area contributed by atoms with Crippen LogP contribution in [-0.2, 0) is 0 Å². The van der Waals surface area contributed by atoms with E-state index < -0.39 is 0 Å². The van der Waals surface area contributed by atoms with Crippen molar-refractivity contribution in [2.45, 2.75) is 25.8 Å². The summed E-state index contributed by atoms with van der Waals surface area (Å²) in [5.41, 5.74) is 13.4. The Morgan fingerprint density at radius 3 is 2.41 bits per heavy atom. The van der Waals surface area contributed by atoms with Gasteiger partial charge in [-0.25, -0.2) is 4.98 Å². The first kappa shape index (κ1) is 24.2. The van der Waals surface area contributed by atoms with Crippen molar-refractivity contribution in [3.05, 3.63) is 65.4 Å². The molecule has 2 N–H and O–H groups in total. The second-order valence-electron chi connectivity index (χ2n) is 10.4. The Morgan fingerprint density at radius 1 is 0.919 bits per heavy atom. The summed E-state index contributed by atoms with van der Waals surface area (Å²) in [5, 5.41) is 5.29. The average molecular weight is 516 g/mol. The molecule has 4 aromatic rings. The lowest BCUT2D eigenvalue weighted by Crippen LogP contribution is -2.53. The normalized spacial score (nSPS) is 18.1. The summed E-state index contributed by atoms with van der Waals surface area (Å²) in [6.07, 6.45) is 4.45. The number of aromatic nitrogens is 3. The summed E-state index contributed by atoms with van der Waals surface area (Å²) in [6, 6.07) is 17.2. The maximum Gasteiger partial charge on any atom is 0.165 e. The van der Waals surface area contributed by atoms with Crippen molar-refractivity contribution in [2.24, 2.45) is 0 Å². The van der Waals surface area contributed by atoms with Gasteiger partial charge in [-0.2, -0.15) is 9.61 Å². The number of aryl methyl sites for hydroxylation is 1. The number of nitrogens with two attached hydrogens (primary N) is 1. The predicted molar refractivity (Wildman–Crippen MR) is 152 cm³/mol. The number of nitrogen functional groups attached to an aromatic ring is 1. The quantitative estimate of drug-likeness (QED) is 0.420. The van der Waals surface area contributed by atoms with Crippen LogP contribution in [0.4, 0.5) is 11.5 Å². The minimum atomic E-state index is 0.567. The first-order valence-electron chi connectivity index (χ1n) is 13.2. The second kappa shape index (κ2) is 9.97. The number of piperidine rings is 1. The highest BCUT2D eigenvalue weighted by molar-refractivity contribution is 6.30. The van der Waals surface area contributed by atoms with Crippen LogP contribution in [0.25, 0.3) is 27.9 Å². The summed E-state index contributed by atoms with van der Waals surface area (Å²) in [4.78, 5) is 12.6. The lowest BCUT2D eigenvalue weighted by molar-refractivity contribution is 0.115. The summed E-state index contributed by atoms with van der Waals surface area (Å²) in [6.45, 7) is 8.77. The van der Waals surface area contributed by atoms with Crippen molar-refractivity contribution in [2.75, 3.05) is 56.9 Å². The molecule has 0 bridgehead atoms. The standard InChI is InChI=1S/C29H34ClN7/c1-20-27(22-6-3-7-23(30)17-22)28(31)37-29(33-20)26(19-32-37)21-5-4-8-25(18-21)36-15-13-35(14-16-36)24-9-11-34(2)12-10-24/h3-8,17-19,24H,9-16,31H2,1-2H3. The Bertz CT molecular complexity index is 1420. The largest absolute Gasteiger partial charge is 0.383 e. The molecule has 0 saturated carbocycles. The van der Waals surface area contributed by atoms with Gasteiger partial charge in [-0.1, -0.05) is 35.9 Å². The second-order valence-corrected chi connectivity index (χ2v) is 10.8. The van der Waals surface area contributed by atoms with Gasteiger partial charge in [0, 0.05) is 54.1 Å². The van der Waals surface area contributed by atoms with Crippen LogP contribution in [0.5, 0.6) is 0 Å². The molecule has 2 aliphatic heterocycles. The summed E-state index contributed by atoms with van der Waals surface area (Å²) in [7, 11) is 2.23. The number of fused-ring (bicyclic) bond motifs is 1. The highest BCUT2D eigenvalue weighted by Crippen LogP contribution is 2.34. The molecule has 6 rings (SSSR count). The van der Waals surface area contributed by atoms with Crippen LogP contribution < -0.4 is 10.6 Å². The number of nitrogens with zero attached hydrogens (tertiary/aromatic N) is 6. The molecule has 2 aromatic carbocycles. The Morgan fingerprint density at radius 2 is 1.65 bits per heavy atom. The fourth-order valence-electron chi connectivity index (χ4n) is 5.91. The lowest BCUT2D eigenvalue weighted by atomic mass is 10.0. The molecule has 2 aliphatic rings. The number of halogens is 1. The molecule has 2 aromatic heterocycles. The number of benzene rings is 2. The van der Waals surface area contributed by atoms with Gasteiger partial charge in [-0.3, -0.25) is 4.90 Å². The van der Waals surface area contributed by atoms with Crippen molar-refractivity contribution in [1.82, 2.24) is 24.4 Å². The van der Waals surface area contributed by atoms with E-state index >= 15 is 0 Å². The summed E-state index contributed by atoms with van der Waals surface area (Å²) >= 11 is 6.24. The Labute approximate surface area is 223 Å². The van der Waals surface area contributed by atoms with Crippen LogP contribution in [0.15, 0.2) is 54.7 Å². The summed E-state index contributed by atoms with van der Waals surface area (Å²) < 4.78 is 1.74. The van der Waals surface area contributed by atoms with E-state index in [0.717, 1.165) is 65.8 Å². The van der Waals surface area contributed by atoms with Gasteiger partial charge in [0.25, 0.3) is 0 Å². The molecule has 8 heteroatoms. The molecule has 4 heterocycles. The van der Waals surface area contributed by atoms with E-state index in [0.29, 0.717) is 10.8 Å². The molecule has 7 nitrogen and oxygen atoms in total. The zero-order chi connectivity index (χ0) is 25.5. The molecule has 0 amide bonds. The van der Waals surface area contributed by atoms with Gasteiger partial charge in [0.1, 0.15) is 5.82 Å². The van der Waals surface area contributed by atoms with Gasteiger partial charge < -0.3 is 15.5 Å². The number of rotatable bonds is 4. The Balaban J connectivity index is 1.25. The van der Waals surface area contributed by atoms with Crippen LogP contribution in [0.2, 0.25) is 5.02 Å². The SMILES string of the molecule is Cc1nc2c(-c3cccc(N4CCN(C5CCN(C)CC5)CC4)c3)cnn2c(N)c1-c1cccc(Cl)c1. The predicted octanol–water partition coefficient (Wildman–Crippen LogP) is 4.82. The third-order valence-electron chi connectivity index (χ3n) is 8.02. The molecule has 0 unspecified atom stereocenters. The Hall–Kier alpha value is -3.13. The van der Waals surface area contributed by atoms with Crippen molar-refractivity contribution in [3.8, 4) is 22.3 Å². The van der Waals surface area contributed by atoms with Gasteiger partial charge in [0.05, 0.1) is 11.9 Å². The minimum Gasteiger partial charge on any atom is -0.383 e. The van der Waals surface area contributed by atoms with E-state index in [1.54, 1.807) is 4.52 Å². The first-order valence-corrected chi connectivity index (χ1v) is 13.5. The number of anilines is 2. The first-order chi connectivity index (χ1) is 18.0. The van der Waals surface area contributed by atoms with Gasteiger partial charge in [-0.05, 0) is 75.3 Å². The van der Waals surface area contributed by atoms with Crippen molar-refractivity contribution in [3.63, 3.8) is 0 Å². The van der Waals surface area contributed by atoms with Crippen LogP contribution >= 0.6 is 11.6 Å². The fourth-order valence-corrected chi connectivity index (χ4v) is 6.10. The molecule has 192 valence electrons. The third kappa shape index (κ3) is 4.67. The smallest absolute Gasteiger partial charge is 0.165 e. The molecular weight excluding hydrogens is 482 g/mol. The van der Waals surface area contributed by atoms with E-state index in [4.69, 9.17) is 22.3 Å². The molecule has 0 atom stereocenters. The Kier molecular flexibility index (Phi) is 6.53. The zero-order valence-electron chi connectivity index (χ0n) is 21.6. The summed E-state index contributed by atoms with van der Waals surface area (Å²) in [5.74, 6) is 0.567. The number of hydrogen-bond acceptors (Lipinski definition) is 6. The number of likely N-dealkylation sites (tertiary alicyclic amines) is 1. The third-order valence-corrected chi connectivity index (χ3v) is 8.25. The van der Waals surface area contributed by atoms with E-state index in [2.05, 4.69) is 51.1 Å². The minimum absolute atomic E-state index is 0.567. The van der Waals surface area contributed by atoms with Crippen molar-refractivity contribution >= 4 is 28.8 Å². The van der Waals surface area contributed by atoms with E-state index in [9.17, 15) is 0 Å². The lowest BCUT2D eigenvalue weighted by Gasteiger charge is -2.43. The molecule has 0 radical (unpaired) electrons. The number of hydrogen-bond donors (Lipinski definition) is 1. The molecular formula is C29H34ClN7. The van der Waals surface area contributed by atoms with Gasteiger partial charge in [0.15, 0.2) is 5.65 Å². The van der Waals surface area contributed by atoms with E-state index in [1.807, 2.05) is 37.4 Å². The highest BCUT2D eigenvalue weighted by Gasteiger charge is 2.27. The monoisotopic (exact) mass is 515 g/mol. The van der Waals surface area contributed by atoms with Crippen LogP contribution in [0.3, 0.4) is 0 Å².